The van der Waals surface area contributed by atoms with Gasteiger partial charge in [0, 0.05) is 23.9 Å². The van der Waals surface area contributed by atoms with Crippen LogP contribution in [-0.2, 0) is 30.9 Å². The fourth-order valence-corrected chi connectivity index (χ4v) is 9.32. The van der Waals surface area contributed by atoms with Crippen molar-refractivity contribution < 1.29 is 28.9 Å². The molecule has 2 aliphatic heterocycles. The molecule has 2 heterocycles. The van der Waals surface area contributed by atoms with Crippen molar-refractivity contribution in [1.29, 1.82) is 0 Å². The van der Waals surface area contributed by atoms with Gasteiger partial charge in [0.05, 0.1) is 41.5 Å². The molecular weight excluding hydrogens is 578 g/mol. The van der Waals surface area contributed by atoms with Crippen molar-refractivity contribution in [1.82, 2.24) is 4.90 Å². The molecule has 224 valence electrons. The van der Waals surface area contributed by atoms with Gasteiger partial charge in [0.15, 0.2) is 5.54 Å². The average Bonchev–Trinajstić information content (AvgIpc) is 3.55. The summed E-state index contributed by atoms with van der Waals surface area (Å²) >= 11 is 0. The molecule has 0 N–H and O–H groups in total. The van der Waals surface area contributed by atoms with Crippen LogP contribution in [0, 0.1) is 31.6 Å². The second kappa shape index (κ2) is 8.75. The van der Waals surface area contributed by atoms with Crippen LogP contribution in [0.5, 0.6) is 0 Å². The Bertz CT molecular complexity index is 1980. The Hall–Kier alpha value is -5.58. The topological polar surface area (TPSA) is 142 Å². The number of fused-ring (bicyclic) bond motifs is 14. The van der Waals surface area contributed by atoms with Gasteiger partial charge >= 0.3 is 11.9 Å². The minimum Gasteiger partial charge on any atom is -0.468 e. The zero-order valence-electron chi connectivity index (χ0n) is 24.2. The van der Waals surface area contributed by atoms with Crippen LogP contribution in [-0.4, -0.2) is 53.0 Å². The highest BCUT2D eigenvalue weighted by Gasteiger charge is 3.03. The molecule has 0 amide bonds. The number of carbonyl (C=O) groups excluding carboxylic acids is 2. The Labute approximate surface area is 256 Å². The SMILES string of the molecule is COC(=O)C12C3C([N+](=O)[O-])=CC([N+](=O)[O-])=CC3=C3c4ccccc4CCN3C1(C(=O)OC)C21c2ccccc2-c2ccccc21. The summed E-state index contributed by atoms with van der Waals surface area (Å²) in [6, 6.07) is 22.3. The number of carbonyl (C=O) groups is 2. The summed E-state index contributed by atoms with van der Waals surface area (Å²) in [6.45, 7) is 0.238. The van der Waals surface area contributed by atoms with Crippen LogP contribution in [0.25, 0.3) is 16.8 Å². The Morgan fingerprint density at radius 2 is 1.38 bits per heavy atom. The largest absolute Gasteiger partial charge is 0.468 e. The van der Waals surface area contributed by atoms with Gasteiger partial charge in [0.25, 0.3) is 11.4 Å². The van der Waals surface area contributed by atoms with Crippen LogP contribution in [0.3, 0.4) is 0 Å². The Balaban J connectivity index is 1.62. The first-order chi connectivity index (χ1) is 21.7. The summed E-state index contributed by atoms with van der Waals surface area (Å²) in [7, 11) is 2.43. The third kappa shape index (κ3) is 2.70. The lowest BCUT2D eigenvalue weighted by molar-refractivity contribution is -0.442. The molecule has 0 radical (unpaired) electrons. The van der Waals surface area contributed by atoms with Crippen LogP contribution >= 0.6 is 0 Å². The van der Waals surface area contributed by atoms with E-state index < -0.39 is 55.5 Å². The molecule has 3 aromatic carbocycles. The number of hydrogen-bond donors (Lipinski definition) is 0. The first-order valence-corrected chi connectivity index (χ1v) is 14.4. The van der Waals surface area contributed by atoms with E-state index >= 15 is 0 Å². The lowest BCUT2D eigenvalue weighted by Crippen LogP contribution is -2.58. The highest BCUT2D eigenvalue weighted by atomic mass is 16.6. The predicted octanol–water partition coefficient (Wildman–Crippen LogP) is 4.27. The second-order valence-corrected chi connectivity index (χ2v) is 11.8. The third-order valence-corrected chi connectivity index (χ3v) is 10.5. The van der Waals surface area contributed by atoms with Crippen LogP contribution in [0.1, 0.15) is 22.3 Å². The molecule has 1 fully saturated rings. The van der Waals surface area contributed by atoms with Gasteiger partial charge < -0.3 is 14.4 Å². The summed E-state index contributed by atoms with van der Waals surface area (Å²) in [5.74, 6) is -3.01. The van der Waals surface area contributed by atoms with Crippen LogP contribution < -0.4 is 0 Å². The van der Waals surface area contributed by atoms with Gasteiger partial charge in [-0.3, -0.25) is 25.0 Å². The quantitative estimate of drug-likeness (QED) is 0.243. The van der Waals surface area contributed by atoms with Gasteiger partial charge in [-0.15, -0.1) is 0 Å². The minimum absolute atomic E-state index is 0.215. The standard InChI is InChI=1S/C34H25N3O8/c1-44-30(38)33-28-24(17-20(36(40)41)18-27(28)37(42)43)29-21-10-4-3-9-19(21)15-16-35(29)34(33,31(39)45-2)32(33)25-13-7-5-11-22(25)23-12-6-8-14-26(23)32/h3-14,17-18,28H,15-16H2,1-2H3. The molecule has 0 saturated heterocycles. The fraction of sp³-hybridized carbons (Fsp3) is 0.235. The maximum atomic E-state index is 14.8. The summed E-state index contributed by atoms with van der Waals surface area (Å²) in [5, 5.41) is 25.2. The van der Waals surface area contributed by atoms with E-state index in [0.29, 0.717) is 28.8 Å². The Morgan fingerprint density at radius 3 is 1.96 bits per heavy atom. The Kier molecular flexibility index (Phi) is 5.25. The molecule has 11 heteroatoms. The molecule has 3 aliphatic carbocycles. The summed E-state index contributed by atoms with van der Waals surface area (Å²) < 4.78 is 11.2. The van der Waals surface area contributed by atoms with E-state index in [1.807, 2.05) is 77.7 Å². The number of esters is 2. The van der Waals surface area contributed by atoms with E-state index in [0.717, 1.165) is 22.8 Å². The number of methoxy groups -OCH3 is 2. The molecule has 11 nitrogen and oxygen atoms in total. The van der Waals surface area contributed by atoms with E-state index in [1.165, 1.54) is 20.3 Å². The van der Waals surface area contributed by atoms with E-state index in [9.17, 15) is 29.8 Å². The molecule has 0 bridgehead atoms. The highest BCUT2D eigenvalue weighted by molar-refractivity contribution is 6.12. The molecule has 3 unspecified atom stereocenters. The summed E-state index contributed by atoms with van der Waals surface area (Å²) in [4.78, 5) is 55.4. The van der Waals surface area contributed by atoms with Crippen molar-refractivity contribution in [3.8, 4) is 11.1 Å². The van der Waals surface area contributed by atoms with E-state index in [1.54, 1.807) is 0 Å². The van der Waals surface area contributed by atoms with Gasteiger partial charge in [-0.2, -0.15) is 0 Å². The fourth-order valence-electron chi connectivity index (χ4n) is 9.32. The van der Waals surface area contributed by atoms with E-state index in [4.69, 9.17) is 9.47 Å². The second-order valence-electron chi connectivity index (χ2n) is 11.8. The Morgan fingerprint density at radius 1 is 0.800 bits per heavy atom. The van der Waals surface area contributed by atoms with E-state index in [2.05, 4.69) is 0 Å². The number of hydrogen-bond acceptors (Lipinski definition) is 9. The first-order valence-electron chi connectivity index (χ1n) is 14.4. The van der Waals surface area contributed by atoms with Crippen molar-refractivity contribution in [2.45, 2.75) is 17.4 Å². The van der Waals surface area contributed by atoms with Gasteiger partial charge in [-0.25, -0.2) is 4.79 Å². The van der Waals surface area contributed by atoms with Crippen molar-refractivity contribution in [3.63, 3.8) is 0 Å². The average molecular weight is 604 g/mol. The predicted molar refractivity (Wildman–Crippen MR) is 159 cm³/mol. The van der Waals surface area contributed by atoms with Crippen molar-refractivity contribution in [2.75, 3.05) is 20.8 Å². The van der Waals surface area contributed by atoms with Gasteiger partial charge in [0.2, 0.25) is 0 Å². The number of benzene rings is 3. The van der Waals surface area contributed by atoms with Gasteiger partial charge in [0.1, 0.15) is 5.41 Å². The number of allylic oxidation sites excluding steroid dienone is 3. The van der Waals surface area contributed by atoms with Crippen LogP contribution in [0.2, 0.25) is 0 Å². The number of nitro groups is 2. The molecular formula is C34H25N3O8. The summed E-state index contributed by atoms with van der Waals surface area (Å²) in [6.07, 6.45) is 2.70. The van der Waals surface area contributed by atoms with Gasteiger partial charge in [-0.05, 0) is 39.8 Å². The van der Waals surface area contributed by atoms with Crippen molar-refractivity contribution in [2.24, 2.45) is 11.3 Å². The molecule has 8 rings (SSSR count). The lowest BCUT2D eigenvalue weighted by atomic mass is 9.67. The smallest absolute Gasteiger partial charge is 0.334 e. The van der Waals surface area contributed by atoms with Crippen molar-refractivity contribution in [3.05, 3.63) is 144 Å². The molecule has 3 atom stereocenters. The van der Waals surface area contributed by atoms with Crippen LogP contribution in [0.4, 0.5) is 0 Å². The van der Waals surface area contributed by atoms with E-state index in [-0.39, 0.29) is 12.1 Å². The molecule has 1 saturated carbocycles. The molecule has 45 heavy (non-hydrogen) atoms. The summed E-state index contributed by atoms with van der Waals surface area (Å²) in [5.41, 5.74) is -1.35. The maximum Gasteiger partial charge on any atom is 0.334 e. The normalized spacial score (nSPS) is 25.7. The maximum absolute atomic E-state index is 14.8. The minimum atomic E-state index is -1.98. The number of rotatable bonds is 4. The highest BCUT2D eigenvalue weighted by Crippen LogP contribution is 2.88. The zero-order valence-corrected chi connectivity index (χ0v) is 24.2. The first kappa shape index (κ1) is 27.0. The lowest BCUT2D eigenvalue weighted by Gasteiger charge is -2.47. The molecule has 5 aliphatic rings. The number of ether oxygens (including phenoxy) is 2. The monoisotopic (exact) mass is 603 g/mol. The van der Waals surface area contributed by atoms with Crippen molar-refractivity contribution >= 4 is 17.6 Å². The van der Waals surface area contributed by atoms with Crippen LogP contribution in [0.15, 0.2) is 102 Å². The molecule has 0 aromatic heterocycles. The third-order valence-electron chi connectivity index (χ3n) is 10.5. The number of nitrogens with zero attached hydrogens (tertiary/aromatic N) is 3. The zero-order chi connectivity index (χ0) is 31.5. The molecule has 1 spiro atoms. The van der Waals surface area contributed by atoms with Gasteiger partial charge in [-0.1, -0.05) is 72.8 Å². The molecule has 3 aromatic rings.